The fraction of sp³-hybridized carbons (Fsp3) is 0.444. The first-order valence-electron chi connectivity index (χ1n) is 3.67. The maximum Gasteiger partial charge on any atom is 0.144 e. The molecule has 1 saturated carbocycles. The molecule has 0 N–H and O–H groups in total. The number of allylic oxidation sites excluding steroid dienone is 3. The lowest BCUT2D eigenvalue weighted by Crippen LogP contribution is -2.42. The van der Waals surface area contributed by atoms with E-state index in [-0.39, 0.29) is 5.92 Å². The van der Waals surface area contributed by atoms with Crippen LogP contribution in [0.2, 0.25) is 0 Å². The number of carbonyl (C=O) groups is 1. The van der Waals surface area contributed by atoms with E-state index in [4.69, 9.17) is 0 Å². The molecule has 0 unspecified atom stereocenters. The molecule has 0 amide bonds. The largest absolute Gasteiger partial charge is 0.299 e. The van der Waals surface area contributed by atoms with Gasteiger partial charge in [-0.2, -0.15) is 0 Å². The van der Waals surface area contributed by atoms with Gasteiger partial charge in [-0.3, -0.25) is 4.79 Å². The van der Waals surface area contributed by atoms with Gasteiger partial charge in [0.1, 0.15) is 5.78 Å². The minimum atomic E-state index is 0.142. The summed E-state index contributed by atoms with van der Waals surface area (Å²) in [6.07, 6.45) is 7.00. The van der Waals surface area contributed by atoms with E-state index in [1.807, 2.05) is 0 Å². The molecule has 0 heterocycles. The molecule has 52 valence electrons. The van der Waals surface area contributed by atoms with Crippen LogP contribution in [0.4, 0.5) is 0 Å². The van der Waals surface area contributed by atoms with Crippen molar-refractivity contribution in [1.29, 1.82) is 0 Å². The van der Waals surface area contributed by atoms with E-state index in [0.717, 1.165) is 6.42 Å². The van der Waals surface area contributed by atoms with E-state index in [9.17, 15) is 4.79 Å². The summed E-state index contributed by atoms with van der Waals surface area (Å²) >= 11 is 0. The van der Waals surface area contributed by atoms with Crippen LogP contribution in [0.15, 0.2) is 24.8 Å². The quantitative estimate of drug-likeness (QED) is 0.497. The summed E-state index contributed by atoms with van der Waals surface area (Å²) in [4.78, 5) is 11.2. The van der Waals surface area contributed by atoms with Gasteiger partial charge in [0.05, 0.1) is 0 Å². The van der Waals surface area contributed by atoms with Gasteiger partial charge in [-0.15, -0.1) is 6.58 Å². The van der Waals surface area contributed by atoms with E-state index in [0.29, 0.717) is 17.6 Å². The number of ketones is 1. The van der Waals surface area contributed by atoms with Crippen molar-refractivity contribution in [2.45, 2.75) is 6.42 Å². The van der Waals surface area contributed by atoms with E-state index < -0.39 is 0 Å². The average molecular weight is 134 g/mol. The summed E-state index contributed by atoms with van der Waals surface area (Å²) in [6, 6.07) is 0. The van der Waals surface area contributed by atoms with Gasteiger partial charge in [-0.1, -0.05) is 18.2 Å². The van der Waals surface area contributed by atoms with Crippen molar-refractivity contribution in [3.8, 4) is 0 Å². The number of rotatable bonds is 1. The molecule has 0 aromatic carbocycles. The molecular formula is C9H10O. The second-order valence-electron chi connectivity index (χ2n) is 3.01. The zero-order valence-electron chi connectivity index (χ0n) is 5.79. The van der Waals surface area contributed by atoms with E-state index in [2.05, 4.69) is 18.7 Å². The van der Waals surface area contributed by atoms with Crippen LogP contribution in [-0.4, -0.2) is 5.78 Å². The number of hydrogen-bond donors (Lipinski definition) is 0. The van der Waals surface area contributed by atoms with E-state index in [1.165, 1.54) is 0 Å². The monoisotopic (exact) mass is 134 g/mol. The molecule has 1 nitrogen and oxygen atoms in total. The highest BCUT2D eigenvalue weighted by Crippen LogP contribution is 2.44. The lowest BCUT2D eigenvalue weighted by molar-refractivity contribution is -0.136. The van der Waals surface area contributed by atoms with E-state index in [1.54, 1.807) is 6.08 Å². The molecule has 2 aliphatic carbocycles. The third kappa shape index (κ3) is 0.505. The van der Waals surface area contributed by atoms with Crippen LogP contribution >= 0.6 is 0 Å². The molecule has 0 saturated heterocycles. The lowest BCUT2D eigenvalue weighted by atomic mass is 9.65. The minimum Gasteiger partial charge on any atom is -0.299 e. The number of hydrogen-bond acceptors (Lipinski definition) is 1. The molecular weight excluding hydrogens is 124 g/mol. The van der Waals surface area contributed by atoms with Crippen LogP contribution in [0.1, 0.15) is 6.42 Å². The third-order valence-electron chi connectivity index (χ3n) is 2.58. The van der Waals surface area contributed by atoms with Crippen LogP contribution in [0.3, 0.4) is 0 Å². The summed E-state index contributed by atoms with van der Waals surface area (Å²) in [5, 5.41) is 0. The van der Waals surface area contributed by atoms with Crippen LogP contribution in [-0.2, 0) is 4.79 Å². The molecule has 3 atom stereocenters. The van der Waals surface area contributed by atoms with Crippen molar-refractivity contribution < 1.29 is 4.79 Å². The Bertz CT molecular complexity index is 215. The molecule has 10 heavy (non-hydrogen) atoms. The zero-order chi connectivity index (χ0) is 7.14. The molecule has 0 aliphatic heterocycles. The summed E-state index contributed by atoms with van der Waals surface area (Å²) in [6.45, 7) is 3.64. The Morgan fingerprint density at radius 2 is 2.50 bits per heavy atom. The molecule has 2 rings (SSSR count). The fourth-order valence-corrected chi connectivity index (χ4v) is 1.94. The molecule has 1 heteroatoms. The highest BCUT2D eigenvalue weighted by Gasteiger charge is 2.47. The zero-order valence-corrected chi connectivity index (χ0v) is 5.79. The summed E-state index contributed by atoms with van der Waals surface area (Å²) in [5.41, 5.74) is 0. The van der Waals surface area contributed by atoms with Crippen molar-refractivity contribution >= 4 is 5.78 Å². The Labute approximate surface area is 60.4 Å². The van der Waals surface area contributed by atoms with Crippen LogP contribution in [0.25, 0.3) is 0 Å². The summed E-state index contributed by atoms with van der Waals surface area (Å²) < 4.78 is 0. The predicted molar refractivity (Wildman–Crippen MR) is 39.4 cm³/mol. The maximum atomic E-state index is 11.2. The Hall–Kier alpha value is -0.850. The van der Waals surface area contributed by atoms with Gasteiger partial charge in [0.2, 0.25) is 0 Å². The smallest absolute Gasteiger partial charge is 0.144 e. The molecule has 0 aromatic rings. The van der Waals surface area contributed by atoms with Crippen molar-refractivity contribution in [3.63, 3.8) is 0 Å². The van der Waals surface area contributed by atoms with Crippen molar-refractivity contribution in [2.24, 2.45) is 17.8 Å². The Morgan fingerprint density at radius 1 is 1.70 bits per heavy atom. The highest BCUT2D eigenvalue weighted by atomic mass is 16.1. The number of carbonyl (C=O) groups excluding carboxylic acids is 1. The van der Waals surface area contributed by atoms with Gasteiger partial charge in [0.15, 0.2) is 0 Å². The SMILES string of the molecule is C=C[C@@H]1C(=O)[C@H]2CC=C[C@@H]12. The Morgan fingerprint density at radius 3 is 3.20 bits per heavy atom. The van der Waals surface area contributed by atoms with Gasteiger partial charge < -0.3 is 0 Å². The summed E-state index contributed by atoms with van der Waals surface area (Å²) in [7, 11) is 0. The van der Waals surface area contributed by atoms with Gasteiger partial charge in [-0.25, -0.2) is 0 Å². The number of fused-ring (bicyclic) bond motifs is 1. The first kappa shape index (κ1) is 5.90. The van der Waals surface area contributed by atoms with Gasteiger partial charge in [-0.05, 0) is 12.3 Å². The van der Waals surface area contributed by atoms with E-state index >= 15 is 0 Å². The highest BCUT2D eigenvalue weighted by molar-refractivity contribution is 5.93. The van der Waals surface area contributed by atoms with Gasteiger partial charge >= 0.3 is 0 Å². The van der Waals surface area contributed by atoms with Crippen LogP contribution in [0, 0.1) is 17.8 Å². The number of Topliss-reactive ketones (excluding diaryl/α,β-unsaturated/α-hetero) is 1. The fourth-order valence-electron chi connectivity index (χ4n) is 1.94. The van der Waals surface area contributed by atoms with Crippen molar-refractivity contribution in [3.05, 3.63) is 24.8 Å². The first-order valence-corrected chi connectivity index (χ1v) is 3.67. The van der Waals surface area contributed by atoms with Gasteiger partial charge in [0, 0.05) is 11.8 Å². The van der Waals surface area contributed by atoms with Crippen molar-refractivity contribution in [2.75, 3.05) is 0 Å². The summed E-state index contributed by atoms with van der Waals surface area (Å²) in [5.74, 6) is 1.36. The molecule has 1 fully saturated rings. The average Bonchev–Trinajstić information content (AvgIpc) is 2.33. The Kier molecular flexibility index (Phi) is 1.07. The predicted octanol–water partition coefficient (Wildman–Crippen LogP) is 1.56. The molecule has 0 bridgehead atoms. The second kappa shape index (κ2) is 1.82. The second-order valence-corrected chi connectivity index (χ2v) is 3.01. The lowest BCUT2D eigenvalue weighted by Gasteiger charge is -2.35. The maximum absolute atomic E-state index is 11.2. The standard InChI is InChI=1S/C9H10O/c1-2-6-7-4-3-5-8(7)9(6)10/h2-4,6-8H,1,5H2/t6-,7-,8-/m0/s1. The normalized spacial score (nSPS) is 42.8. The van der Waals surface area contributed by atoms with Crippen molar-refractivity contribution in [1.82, 2.24) is 0 Å². The molecule has 0 spiro atoms. The topological polar surface area (TPSA) is 17.1 Å². The molecule has 0 aromatic heterocycles. The Balaban J connectivity index is 2.20. The van der Waals surface area contributed by atoms with Crippen LogP contribution < -0.4 is 0 Å². The van der Waals surface area contributed by atoms with Gasteiger partial charge in [0.25, 0.3) is 0 Å². The minimum absolute atomic E-state index is 0.142. The van der Waals surface area contributed by atoms with Crippen LogP contribution in [0.5, 0.6) is 0 Å². The first-order chi connectivity index (χ1) is 4.84. The molecule has 2 aliphatic rings. The third-order valence-corrected chi connectivity index (χ3v) is 2.58. The molecule has 0 radical (unpaired) electrons.